The summed E-state index contributed by atoms with van der Waals surface area (Å²) in [5, 5.41) is 8.77. The molecule has 9 heteroatoms. The second kappa shape index (κ2) is 9.36. The second-order valence-corrected chi connectivity index (χ2v) is 11.2. The molecule has 1 N–H and O–H groups in total. The fraction of sp³-hybridized carbons (Fsp3) is 0.367. The van der Waals surface area contributed by atoms with Gasteiger partial charge in [0.2, 0.25) is 0 Å². The molecule has 0 aliphatic carbocycles. The molecule has 5 heterocycles. The molecule has 7 rings (SSSR count). The minimum absolute atomic E-state index is 0.0812. The third-order valence-corrected chi connectivity index (χ3v) is 8.41. The van der Waals surface area contributed by atoms with Crippen molar-refractivity contribution in [2.24, 2.45) is 0 Å². The van der Waals surface area contributed by atoms with Crippen LogP contribution in [0.15, 0.2) is 54.7 Å². The van der Waals surface area contributed by atoms with E-state index in [9.17, 15) is 4.79 Å². The summed E-state index contributed by atoms with van der Waals surface area (Å²) in [5.41, 5.74) is 6.44. The Bertz CT molecular complexity index is 1540. The normalized spacial score (nSPS) is 19.5. The van der Waals surface area contributed by atoms with Crippen molar-refractivity contribution in [2.45, 2.75) is 12.1 Å². The molecule has 0 radical (unpaired) electrons. The van der Waals surface area contributed by atoms with Gasteiger partial charge in [-0.25, -0.2) is 0 Å². The number of rotatable bonds is 4. The van der Waals surface area contributed by atoms with Crippen LogP contribution in [0.3, 0.4) is 0 Å². The number of aromatic nitrogens is 3. The van der Waals surface area contributed by atoms with E-state index >= 15 is 0 Å². The summed E-state index contributed by atoms with van der Waals surface area (Å²) in [5.74, 6) is 0.996. The van der Waals surface area contributed by atoms with Crippen LogP contribution in [0.25, 0.3) is 33.4 Å². The topological polar surface area (TPSA) is 80.8 Å². The van der Waals surface area contributed by atoms with Gasteiger partial charge in [0, 0.05) is 60.8 Å². The molecule has 3 aliphatic rings. The molecule has 2 aromatic carbocycles. The number of ether oxygens (including phenoxy) is 1. The molecule has 1 amide bonds. The van der Waals surface area contributed by atoms with Gasteiger partial charge >= 0.3 is 0 Å². The van der Waals surface area contributed by atoms with Crippen molar-refractivity contribution in [3.05, 3.63) is 60.3 Å². The highest BCUT2D eigenvalue weighted by Gasteiger charge is 2.33. The minimum atomic E-state index is 0.0812. The van der Waals surface area contributed by atoms with E-state index in [1.807, 2.05) is 35.4 Å². The lowest BCUT2D eigenvalue weighted by Crippen LogP contribution is -2.59. The average molecular weight is 524 g/mol. The molecular weight excluding hydrogens is 490 g/mol. The third kappa shape index (κ3) is 4.22. The number of aromatic amines is 1. The molecule has 0 spiro atoms. The highest BCUT2D eigenvalue weighted by molar-refractivity contribution is 5.97. The summed E-state index contributed by atoms with van der Waals surface area (Å²) in [6.45, 7) is 5.34. The number of likely N-dealkylation sites (N-methyl/N-ethyl adjacent to an activating group) is 2. The molecule has 39 heavy (non-hydrogen) atoms. The first-order valence-corrected chi connectivity index (χ1v) is 13.6. The van der Waals surface area contributed by atoms with Gasteiger partial charge in [-0.3, -0.25) is 14.9 Å². The summed E-state index contributed by atoms with van der Waals surface area (Å²) in [6.07, 6.45) is 1.82. The van der Waals surface area contributed by atoms with Crippen molar-refractivity contribution < 1.29 is 9.53 Å². The van der Waals surface area contributed by atoms with Gasteiger partial charge in [-0.2, -0.15) is 5.10 Å². The summed E-state index contributed by atoms with van der Waals surface area (Å²) < 4.78 is 6.21. The van der Waals surface area contributed by atoms with E-state index in [2.05, 4.69) is 75.3 Å². The maximum atomic E-state index is 12.8. The fourth-order valence-electron chi connectivity index (χ4n) is 5.88. The van der Waals surface area contributed by atoms with Crippen LogP contribution in [0.2, 0.25) is 0 Å². The maximum absolute atomic E-state index is 12.8. The van der Waals surface area contributed by atoms with E-state index in [0.29, 0.717) is 24.3 Å². The molecule has 1 unspecified atom stereocenters. The maximum Gasteiger partial charge on any atom is 0.253 e. The minimum Gasteiger partial charge on any atom is -0.489 e. The Labute approximate surface area is 228 Å². The van der Waals surface area contributed by atoms with Crippen LogP contribution in [-0.4, -0.2) is 108 Å². The number of carbonyl (C=O) groups excluding carboxylic acids is 1. The number of nitrogens with zero attached hydrogens (tertiary/aromatic N) is 6. The molecule has 3 aliphatic heterocycles. The lowest BCUT2D eigenvalue weighted by Gasteiger charge is -2.44. The molecule has 9 nitrogen and oxygen atoms in total. The van der Waals surface area contributed by atoms with Gasteiger partial charge < -0.3 is 24.3 Å². The number of amides is 1. The van der Waals surface area contributed by atoms with Crippen LogP contribution in [0, 0.1) is 0 Å². The molecule has 2 aromatic heterocycles. The Balaban J connectivity index is 1.14. The molecule has 2 fully saturated rings. The summed E-state index contributed by atoms with van der Waals surface area (Å²) in [4.78, 5) is 26.4. The Kier molecular flexibility index (Phi) is 5.79. The van der Waals surface area contributed by atoms with E-state index in [-0.39, 0.29) is 5.91 Å². The Morgan fingerprint density at radius 2 is 1.82 bits per heavy atom. The van der Waals surface area contributed by atoms with Crippen LogP contribution in [-0.2, 0) is 0 Å². The number of likely N-dealkylation sites (tertiary alicyclic amines) is 1. The number of carbonyl (C=O) groups is 1. The van der Waals surface area contributed by atoms with Crippen molar-refractivity contribution in [3.8, 4) is 28.3 Å². The zero-order valence-electron chi connectivity index (χ0n) is 22.6. The zero-order valence-corrected chi connectivity index (χ0v) is 22.6. The second-order valence-electron chi connectivity index (χ2n) is 11.2. The average Bonchev–Trinajstić information content (AvgIpc) is 3.35. The van der Waals surface area contributed by atoms with Gasteiger partial charge in [0.05, 0.1) is 29.1 Å². The smallest absolute Gasteiger partial charge is 0.253 e. The van der Waals surface area contributed by atoms with Gasteiger partial charge in [0.15, 0.2) is 0 Å². The monoisotopic (exact) mass is 523 g/mol. The first-order valence-electron chi connectivity index (χ1n) is 13.6. The molecule has 2 saturated heterocycles. The van der Waals surface area contributed by atoms with Crippen LogP contribution >= 0.6 is 0 Å². The number of pyridine rings is 1. The zero-order chi connectivity index (χ0) is 26.7. The Morgan fingerprint density at radius 1 is 1.03 bits per heavy atom. The molecular formula is C30H33N7O2. The predicted octanol–water partition coefficient (Wildman–Crippen LogP) is 3.19. The van der Waals surface area contributed by atoms with E-state index in [1.165, 1.54) is 0 Å². The fourth-order valence-corrected chi connectivity index (χ4v) is 5.88. The van der Waals surface area contributed by atoms with E-state index in [1.54, 1.807) is 0 Å². The standard InChI is InChI=1S/C30H33N7O2/c1-34(2)22-16-36(17-22)30(38)20-6-4-19(5-7-20)25-13-24-26(14-31-25)32-33-29(24)21-8-9-27-28(12-21)39-18-23-15-35(3)10-11-37(23)27/h4-9,12-14,22-23H,10-11,15-18H2,1-3H3,(H,32,33). The number of hydrogen-bond donors (Lipinski definition) is 1. The first kappa shape index (κ1) is 24.1. The summed E-state index contributed by atoms with van der Waals surface area (Å²) >= 11 is 0. The number of H-pyrrole nitrogens is 1. The van der Waals surface area contributed by atoms with Crippen LogP contribution in [0.4, 0.5) is 5.69 Å². The highest BCUT2D eigenvalue weighted by Crippen LogP contribution is 2.39. The molecule has 0 bridgehead atoms. The van der Waals surface area contributed by atoms with Crippen molar-refractivity contribution in [2.75, 3.05) is 65.4 Å². The van der Waals surface area contributed by atoms with Crippen LogP contribution in [0.1, 0.15) is 10.4 Å². The number of anilines is 1. The lowest BCUT2D eigenvalue weighted by molar-refractivity contribution is 0.0399. The van der Waals surface area contributed by atoms with E-state index in [4.69, 9.17) is 4.74 Å². The Morgan fingerprint density at radius 3 is 2.62 bits per heavy atom. The Hall–Kier alpha value is -3.95. The predicted molar refractivity (Wildman–Crippen MR) is 152 cm³/mol. The van der Waals surface area contributed by atoms with Crippen LogP contribution < -0.4 is 9.64 Å². The number of piperazine rings is 1. The summed E-state index contributed by atoms with van der Waals surface area (Å²) in [6, 6.07) is 17.1. The highest BCUT2D eigenvalue weighted by atomic mass is 16.5. The van der Waals surface area contributed by atoms with Crippen LogP contribution in [0.5, 0.6) is 5.75 Å². The van der Waals surface area contributed by atoms with Crippen molar-refractivity contribution in [3.63, 3.8) is 0 Å². The van der Waals surface area contributed by atoms with Crippen molar-refractivity contribution in [1.29, 1.82) is 0 Å². The molecule has 0 saturated carbocycles. The number of hydrogen-bond acceptors (Lipinski definition) is 7. The van der Waals surface area contributed by atoms with E-state index in [0.717, 1.165) is 77.6 Å². The number of fused-ring (bicyclic) bond motifs is 4. The first-order chi connectivity index (χ1) is 18.9. The van der Waals surface area contributed by atoms with Crippen molar-refractivity contribution in [1.82, 2.24) is 29.9 Å². The van der Waals surface area contributed by atoms with E-state index < -0.39 is 0 Å². The number of nitrogens with one attached hydrogen (secondary N) is 1. The molecule has 200 valence electrons. The SMILES string of the molecule is CN1CCN2c3ccc(-c4n[nH]c5cnc(-c6ccc(C(=O)N7CC(N(C)C)C7)cc6)cc45)cc3OCC2C1. The largest absolute Gasteiger partial charge is 0.489 e. The van der Waals surface area contributed by atoms with Gasteiger partial charge in [0.25, 0.3) is 5.91 Å². The lowest BCUT2D eigenvalue weighted by atomic mass is 10.0. The van der Waals surface area contributed by atoms with Gasteiger partial charge in [-0.15, -0.1) is 0 Å². The van der Waals surface area contributed by atoms with Crippen molar-refractivity contribution >= 4 is 22.5 Å². The summed E-state index contributed by atoms with van der Waals surface area (Å²) in [7, 11) is 6.28. The van der Waals surface area contributed by atoms with Gasteiger partial charge in [-0.1, -0.05) is 18.2 Å². The number of benzene rings is 2. The quantitative estimate of drug-likeness (QED) is 0.440. The van der Waals surface area contributed by atoms with Gasteiger partial charge in [0.1, 0.15) is 18.1 Å². The third-order valence-electron chi connectivity index (χ3n) is 8.41. The molecule has 4 aromatic rings. The van der Waals surface area contributed by atoms with Gasteiger partial charge in [-0.05, 0) is 51.5 Å². The molecule has 1 atom stereocenters.